The molecule has 0 bridgehead atoms. The summed E-state index contributed by atoms with van der Waals surface area (Å²) >= 11 is 0. The van der Waals surface area contributed by atoms with Crippen LogP contribution in [0, 0.1) is 0 Å². The van der Waals surface area contributed by atoms with Gasteiger partial charge in [0.1, 0.15) is 4.75 Å². The number of rotatable bonds is 2. The molecule has 1 aromatic carbocycles. The van der Waals surface area contributed by atoms with Crippen LogP contribution in [0.5, 0.6) is 0 Å². The van der Waals surface area contributed by atoms with Crippen LogP contribution < -0.4 is 4.31 Å². The maximum Gasteiger partial charge on any atom is 0.490 e. The lowest BCUT2D eigenvalue weighted by atomic mass is 9.87. The van der Waals surface area contributed by atoms with Crippen molar-refractivity contribution >= 4 is 21.7 Å². The van der Waals surface area contributed by atoms with Gasteiger partial charge in [0.25, 0.3) is 0 Å². The van der Waals surface area contributed by atoms with E-state index < -0.39 is 26.9 Å². The van der Waals surface area contributed by atoms with Gasteiger partial charge in [0, 0.05) is 32.2 Å². The highest BCUT2D eigenvalue weighted by molar-refractivity contribution is 7.94. The predicted octanol–water partition coefficient (Wildman–Crippen LogP) is 3.18. The number of benzene rings is 1. The lowest BCUT2D eigenvalue weighted by Gasteiger charge is -2.38. The minimum Gasteiger partial charge on any atom is -0.475 e. The molecule has 7 nitrogen and oxygen atoms in total. The molecule has 1 fully saturated rings. The van der Waals surface area contributed by atoms with Crippen molar-refractivity contribution in [2.45, 2.75) is 30.3 Å². The third-order valence-corrected chi connectivity index (χ3v) is 8.01. The van der Waals surface area contributed by atoms with E-state index in [0.29, 0.717) is 12.8 Å². The maximum absolute atomic E-state index is 13.0. The highest BCUT2D eigenvalue weighted by atomic mass is 32.2. The van der Waals surface area contributed by atoms with Crippen molar-refractivity contribution in [2.75, 3.05) is 24.4 Å². The Morgan fingerprint density at radius 1 is 1.20 bits per heavy atom. The Labute approximate surface area is 171 Å². The fraction of sp³-hybridized carbons (Fsp3) is 0.421. The third-order valence-electron chi connectivity index (χ3n) is 5.48. The number of piperidine rings is 1. The zero-order chi connectivity index (χ0) is 22.2. The molecule has 0 amide bonds. The van der Waals surface area contributed by atoms with E-state index in [0.717, 1.165) is 36.4 Å². The van der Waals surface area contributed by atoms with Crippen LogP contribution in [0.4, 0.5) is 18.9 Å². The second kappa shape index (κ2) is 7.95. The highest BCUT2D eigenvalue weighted by Gasteiger charge is 2.55. The second-order valence-corrected chi connectivity index (χ2v) is 9.47. The van der Waals surface area contributed by atoms with Crippen LogP contribution >= 0.6 is 0 Å². The van der Waals surface area contributed by atoms with E-state index in [1.807, 2.05) is 30.3 Å². The molecule has 1 aromatic heterocycles. The van der Waals surface area contributed by atoms with Crippen molar-refractivity contribution in [3.05, 3.63) is 54.0 Å². The van der Waals surface area contributed by atoms with E-state index in [-0.39, 0.29) is 0 Å². The summed E-state index contributed by atoms with van der Waals surface area (Å²) in [5, 5.41) is 7.12. The highest BCUT2D eigenvalue weighted by Crippen LogP contribution is 2.51. The molecule has 4 rings (SSSR count). The van der Waals surface area contributed by atoms with Crippen LogP contribution in [0.2, 0.25) is 0 Å². The Kier molecular flexibility index (Phi) is 5.87. The Morgan fingerprint density at radius 2 is 1.80 bits per heavy atom. The topological polar surface area (TPSA) is 91.1 Å². The number of carboxylic acid groups (broad SMARTS) is 1. The van der Waals surface area contributed by atoms with Crippen molar-refractivity contribution in [2.24, 2.45) is 0 Å². The minimum atomic E-state index is -5.08. The summed E-state index contributed by atoms with van der Waals surface area (Å²) in [4.78, 5) is 11.2. The number of alkyl halides is 3. The molecule has 0 unspecified atom stereocenters. The van der Waals surface area contributed by atoms with Gasteiger partial charge in [0.15, 0.2) is 0 Å². The van der Waals surface area contributed by atoms with Crippen LogP contribution in [0.15, 0.2) is 47.3 Å². The standard InChI is InChI=1S/C17H20N2O3S.C2HF3O2/c1-18-16-5-3-2-4-15(16)17(23(18,20)21)7-9-19(10-8-17)12-14-6-11-22-13-14;3-2(4,5)1(6)7/h2-6,11,13H,7-10,12H2,1H3;(H,6,7). The smallest absolute Gasteiger partial charge is 0.475 e. The van der Waals surface area contributed by atoms with Crippen molar-refractivity contribution < 1.29 is 35.9 Å². The molecule has 11 heteroatoms. The van der Waals surface area contributed by atoms with E-state index >= 15 is 0 Å². The molecule has 2 aliphatic heterocycles. The summed E-state index contributed by atoms with van der Waals surface area (Å²) in [5.74, 6) is -2.76. The molecule has 2 aliphatic rings. The quantitative estimate of drug-likeness (QED) is 0.762. The Balaban J connectivity index is 0.000000318. The number of carboxylic acids is 1. The van der Waals surface area contributed by atoms with Crippen LogP contribution in [-0.4, -0.2) is 50.7 Å². The number of fused-ring (bicyclic) bond motifs is 2. The SMILES string of the molecule is CN1c2ccccc2C2(CCN(Cc3ccoc3)CC2)S1(=O)=O.O=C(O)C(F)(F)F. The normalized spacial score (nSPS) is 19.8. The first-order chi connectivity index (χ1) is 14.0. The zero-order valence-corrected chi connectivity index (χ0v) is 16.9. The number of likely N-dealkylation sites (tertiary alicyclic amines) is 1. The summed E-state index contributed by atoms with van der Waals surface area (Å²) in [6.07, 6.45) is -0.393. The van der Waals surface area contributed by atoms with Gasteiger partial charge in [0.2, 0.25) is 10.0 Å². The second-order valence-electron chi connectivity index (χ2n) is 7.19. The van der Waals surface area contributed by atoms with E-state index in [2.05, 4.69) is 4.90 Å². The third kappa shape index (κ3) is 3.91. The summed E-state index contributed by atoms with van der Waals surface area (Å²) in [7, 11) is -1.68. The van der Waals surface area contributed by atoms with Crippen LogP contribution in [0.1, 0.15) is 24.0 Å². The molecule has 30 heavy (non-hydrogen) atoms. The number of aliphatic carboxylic acids is 1. The van der Waals surface area contributed by atoms with E-state index in [1.165, 1.54) is 4.31 Å². The first kappa shape index (κ1) is 22.2. The van der Waals surface area contributed by atoms with Gasteiger partial charge in [-0.05, 0) is 30.5 Å². The van der Waals surface area contributed by atoms with Gasteiger partial charge in [-0.1, -0.05) is 18.2 Å². The number of para-hydroxylation sites is 1. The van der Waals surface area contributed by atoms with Gasteiger partial charge in [-0.25, -0.2) is 13.2 Å². The summed E-state index contributed by atoms with van der Waals surface area (Å²) in [6, 6.07) is 9.67. The molecular formula is C19H21F3N2O5S. The molecule has 0 saturated carbocycles. The minimum absolute atomic E-state index is 0.633. The Bertz CT molecular complexity index is 997. The summed E-state index contributed by atoms with van der Waals surface area (Å²) in [6.45, 7) is 2.35. The van der Waals surface area contributed by atoms with Crippen molar-refractivity contribution in [3.8, 4) is 0 Å². The molecule has 2 aromatic rings. The summed E-state index contributed by atoms with van der Waals surface area (Å²) < 4.78 is 63.6. The lowest BCUT2D eigenvalue weighted by molar-refractivity contribution is -0.192. The van der Waals surface area contributed by atoms with Crippen molar-refractivity contribution in [1.29, 1.82) is 0 Å². The average Bonchev–Trinajstić information content (AvgIpc) is 3.25. The number of anilines is 1. The Hall–Kier alpha value is -2.53. The monoisotopic (exact) mass is 446 g/mol. The molecule has 0 aliphatic carbocycles. The molecule has 0 radical (unpaired) electrons. The number of halogens is 3. The van der Waals surface area contributed by atoms with Gasteiger partial charge < -0.3 is 9.52 Å². The first-order valence-electron chi connectivity index (χ1n) is 9.10. The summed E-state index contributed by atoms with van der Waals surface area (Å²) in [5.41, 5.74) is 2.92. The largest absolute Gasteiger partial charge is 0.490 e. The number of hydrogen-bond acceptors (Lipinski definition) is 5. The van der Waals surface area contributed by atoms with Crippen molar-refractivity contribution in [3.63, 3.8) is 0 Å². The predicted molar refractivity (Wildman–Crippen MR) is 102 cm³/mol. The number of hydrogen-bond donors (Lipinski definition) is 1. The molecule has 3 heterocycles. The lowest BCUT2D eigenvalue weighted by Crippen LogP contribution is -2.47. The fourth-order valence-corrected chi connectivity index (χ4v) is 6.00. The van der Waals surface area contributed by atoms with E-state index in [9.17, 15) is 21.6 Å². The number of furan rings is 1. The molecule has 0 atom stereocenters. The van der Waals surface area contributed by atoms with Crippen molar-refractivity contribution in [1.82, 2.24) is 4.90 Å². The van der Waals surface area contributed by atoms with Crippen LogP contribution in [0.3, 0.4) is 0 Å². The molecule has 1 spiro atoms. The number of sulfonamides is 1. The number of carbonyl (C=O) groups is 1. The Morgan fingerprint density at radius 3 is 2.33 bits per heavy atom. The average molecular weight is 446 g/mol. The van der Waals surface area contributed by atoms with Gasteiger partial charge >= 0.3 is 12.1 Å². The van der Waals surface area contributed by atoms with Crippen LogP contribution in [-0.2, 0) is 26.1 Å². The van der Waals surface area contributed by atoms with Crippen LogP contribution in [0.25, 0.3) is 0 Å². The molecule has 1 N–H and O–H groups in total. The molecule has 164 valence electrons. The van der Waals surface area contributed by atoms with Gasteiger partial charge in [-0.3, -0.25) is 9.21 Å². The van der Waals surface area contributed by atoms with Gasteiger partial charge in [0.05, 0.1) is 18.2 Å². The fourth-order valence-electron chi connectivity index (χ4n) is 3.90. The van der Waals surface area contributed by atoms with E-state index in [1.54, 1.807) is 19.6 Å². The first-order valence-corrected chi connectivity index (χ1v) is 10.5. The molecule has 1 saturated heterocycles. The van der Waals surface area contributed by atoms with E-state index in [4.69, 9.17) is 14.3 Å². The molecular weight excluding hydrogens is 425 g/mol. The van der Waals surface area contributed by atoms with Gasteiger partial charge in [-0.15, -0.1) is 0 Å². The number of nitrogens with zero attached hydrogens (tertiary/aromatic N) is 2. The maximum atomic E-state index is 13.0. The zero-order valence-electron chi connectivity index (χ0n) is 16.1. The van der Waals surface area contributed by atoms with Gasteiger partial charge in [-0.2, -0.15) is 13.2 Å².